The number of aromatic amines is 1. The average Bonchev–Trinajstić information content (AvgIpc) is 2.58. The fraction of sp³-hybridized carbons (Fsp3) is 0.722. The van der Waals surface area contributed by atoms with Gasteiger partial charge >= 0.3 is 5.69 Å². The van der Waals surface area contributed by atoms with Gasteiger partial charge in [-0.2, -0.15) is 0 Å². The van der Waals surface area contributed by atoms with Crippen LogP contribution in [-0.4, -0.2) is 46.5 Å². The highest BCUT2D eigenvalue weighted by molar-refractivity contribution is 5.75. The van der Waals surface area contributed by atoms with Gasteiger partial charge in [0, 0.05) is 18.3 Å². The molecule has 7 nitrogen and oxygen atoms in total. The number of hydrogen-bond donors (Lipinski definition) is 2. The van der Waals surface area contributed by atoms with E-state index in [0.29, 0.717) is 12.1 Å². The minimum Gasteiger partial charge on any atom is -0.354 e. The number of rotatable bonds is 12. The second-order valence-electron chi connectivity index (χ2n) is 6.45. The molecular weight excluding hydrogens is 320 g/mol. The maximum atomic E-state index is 12.0. The second kappa shape index (κ2) is 11.6. The molecule has 0 atom stereocenters. The zero-order valence-corrected chi connectivity index (χ0v) is 15.8. The summed E-state index contributed by atoms with van der Waals surface area (Å²) < 4.78 is 1.22. The van der Waals surface area contributed by atoms with Crippen LogP contribution in [0.4, 0.5) is 0 Å². The van der Waals surface area contributed by atoms with E-state index in [2.05, 4.69) is 29.0 Å². The SMILES string of the molecule is CCCCN(CCCC)CCCNC(=O)Cn1cc(C)c(=O)[nH]c1=O. The molecule has 25 heavy (non-hydrogen) atoms. The Kier molecular flexibility index (Phi) is 9.84. The molecular formula is C18H32N4O3. The van der Waals surface area contributed by atoms with Crippen molar-refractivity contribution in [1.29, 1.82) is 0 Å². The van der Waals surface area contributed by atoms with Crippen LogP contribution in [0, 0.1) is 6.92 Å². The van der Waals surface area contributed by atoms with Crippen LogP contribution in [0.2, 0.25) is 0 Å². The first-order valence-corrected chi connectivity index (χ1v) is 9.27. The van der Waals surface area contributed by atoms with E-state index < -0.39 is 11.2 Å². The largest absolute Gasteiger partial charge is 0.354 e. The Morgan fingerprint density at radius 3 is 2.32 bits per heavy atom. The fourth-order valence-corrected chi connectivity index (χ4v) is 2.58. The molecule has 0 saturated carbocycles. The number of nitrogens with zero attached hydrogens (tertiary/aromatic N) is 2. The fourth-order valence-electron chi connectivity index (χ4n) is 2.58. The van der Waals surface area contributed by atoms with Crippen molar-refractivity contribution in [1.82, 2.24) is 19.8 Å². The number of nitrogens with one attached hydrogen (secondary N) is 2. The summed E-state index contributed by atoms with van der Waals surface area (Å²) in [7, 11) is 0. The molecule has 0 aliphatic rings. The predicted molar refractivity (Wildman–Crippen MR) is 99.9 cm³/mol. The zero-order valence-electron chi connectivity index (χ0n) is 15.8. The number of aryl methyl sites for hydroxylation is 1. The Bertz CT molecular complexity index is 628. The first-order chi connectivity index (χ1) is 12.0. The lowest BCUT2D eigenvalue weighted by Crippen LogP contribution is -2.37. The van der Waals surface area contributed by atoms with Gasteiger partial charge in [0.1, 0.15) is 6.54 Å². The summed E-state index contributed by atoms with van der Waals surface area (Å²) in [4.78, 5) is 39.6. The summed E-state index contributed by atoms with van der Waals surface area (Å²) in [5.41, 5.74) is -0.563. The van der Waals surface area contributed by atoms with Gasteiger partial charge in [0.05, 0.1) is 0 Å². The van der Waals surface area contributed by atoms with Gasteiger partial charge in [-0.1, -0.05) is 26.7 Å². The highest BCUT2D eigenvalue weighted by atomic mass is 16.2. The van der Waals surface area contributed by atoms with Crippen LogP contribution in [0.5, 0.6) is 0 Å². The Morgan fingerprint density at radius 2 is 1.72 bits per heavy atom. The van der Waals surface area contributed by atoms with Gasteiger partial charge in [0.25, 0.3) is 5.56 Å². The molecule has 0 bridgehead atoms. The number of unbranched alkanes of at least 4 members (excludes halogenated alkanes) is 2. The third-order valence-electron chi connectivity index (χ3n) is 4.13. The van der Waals surface area contributed by atoms with Crippen molar-refractivity contribution in [3.8, 4) is 0 Å². The lowest BCUT2D eigenvalue weighted by atomic mass is 10.2. The number of aromatic nitrogens is 2. The minimum atomic E-state index is -0.559. The van der Waals surface area contributed by atoms with Crippen molar-refractivity contribution in [2.75, 3.05) is 26.2 Å². The maximum Gasteiger partial charge on any atom is 0.328 e. The van der Waals surface area contributed by atoms with Crippen molar-refractivity contribution in [2.45, 2.75) is 59.4 Å². The van der Waals surface area contributed by atoms with Crippen LogP contribution in [0.3, 0.4) is 0 Å². The van der Waals surface area contributed by atoms with E-state index in [9.17, 15) is 14.4 Å². The Morgan fingerprint density at radius 1 is 1.12 bits per heavy atom. The molecule has 1 heterocycles. The molecule has 7 heteroatoms. The lowest BCUT2D eigenvalue weighted by molar-refractivity contribution is -0.121. The molecule has 2 N–H and O–H groups in total. The Balaban J connectivity index is 2.37. The van der Waals surface area contributed by atoms with Crippen LogP contribution < -0.4 is 16.6 Å². The summed E-state index contributed by atoms with van der Waals surface area (Å²) >= 11 is 0. The Hall–Kier alpha value is -1.89. The highest BCUT2D eigenvalue weighted by Crippen LogP contribution is 2.00. The van der Waals surface area contributed by atoms with Gasteiger partial charge in [0.15, 0.2) is 0 Å². The topological polar surface area (TPSA) is 87.2 Å². The van der Waals surface area contributed by atoms with Gasteiger partial charge in [-0.25, -0.2) is 4.79 Å². The van der Waals surface area contributed by atoms with Crippen molar-refractivity contribution in [2.24, 2.45) is 0 Å². The van der Waals surface area contributed by atoms with E-state index >= 15 is 0 Å². The summed E-state index contributed by atoms with van der Waals surface area (Å²) in [5, 5.41) is 2.84. The molecule has 1 aromatic heterocycles. The quantitative estimate of drug-likeness (QED) is 0.554. The van der Waals surface area contributed by atoms with Crippen LogP contribution in [-0.2, 0) is 11.3 Å². The van der Waals surface area contributed by atoms with Crippen molar-refractivity contribution in [3.05, 3.63) is 32.6 Å². The van der Waals surface area contributed by atoms with Gasteiger partial charge in [-0.15, -0.1) is 0 Å². The van der Waals surface area contributed by atoms with Crippen molar-refractivity contribution >= 4 is 5.91 Å². The minimum absolute atomic E-state index is 0.0775. The van der Waals surface area contributed by atoms with Crippen LogP contribution in [0.1, 0.15) is 51.5 Å². The number of H-pyrrole nitrogens is 1. The van der Waals surface area contributed by atoms with E-state index in [-0.39, 0.29) is 12.5 Å². The molecule has 1 rings (SSSR count). The third kappa shape index (κ3) is 8.16. The molecule has 1 amide bonds. The molecule has 0 aromatic carbocycles. The van der Waals surface area contributed by atoms with Crippen LogP contribution in [0.25, 0.3) is 0 Å². The smallest absolute Gasteiger partial charge is 0.328 e. The zero-order chi connectivity index (χ0) is 18.7. The number of carbonyl (C=O) groups excluding carboxylic acids is 1. The monoisotopic (exact) mass is 352 g/mol. The molecule has 0 fully saturated rings. The number of amides is 1. The molecule has 0 aliphatic carbocycles. The highest BCUT2D eigenvalue weighted by Gasteiger charge is 2.07. The Labute approximate surface area is 149 Å². The van der Waals surface area contributed by atoms with E-state index in [1.165, 1.54) is 36.4 Å². The molecule has 0 unspecified atom stereocenters. The number of carbonyl (C=O) groups is 1. The van der Waals surface area contributed by atoms with Gasteiger partial charge < -0.3 is 10.2 Å². The van der Waals surface area contributed by atoms with Crippen molar-refractivity contribution in [3.63, 3.8) is 0 Å². The summed E-state index contributed by atoms with van der Waals surface area (Å²) in [6, 6.07) is 0. The molecule has 0 spiro atoms. The van der Waals surface area contributed by atoms with E-state index in [1.54, 1.807) is 6.92 Å². The average molecular weight is 352 g/mol. The lowest BCUT2D eigenvalue weighted by Gasteiger charge is -2.21. The predicted octanol–water partition coefficient (Wildman–Crippen LogP) is 1.25. The third-order valence-corrected chi connectivity index (χ3v) is 4.13. The normalized spacial score (nSPS) is 11.0. The first kappa shape index (κ1) is 21.2. The van der Waals surface area contributed by atoms with E-state index in [1.807, 2.05) is 0 Å². The maximum absolute atomic E-state index is 12.0. The number of hydrogen-bond acceptors (Lipinski definition) is 4. The molecule has 0 saturated heterocycles. The molecule has 142 valence electrons. The van der Waals surface area contributed by atoms with Crippen molar-refractivity contribution < 1.29 is 4.79 Å². The summed E-state index contributed by atoms with van der Waals surface area (Å²) in [6.07, 6.45) is 7.07. The van der Waals surface area contributed by atoms with Gasteiger partial charge in [-0.3, -0.25) is 19.1 Å². The van der Waals surface area contributed by atoms with Gasteiger partial charge in [-0.05, 0) is 45.8 Å². The van der Waals surface area contributed by atoms with E-state index in [0.717, 1.165) is 26.1 Å². The van der Waals surface area contributed by atoms with Crippen LogP contribution >= 0.6 is 0 Å². The summed E-state index contributed by atoms with van der Waals surface area (Å²) in [6.45, 7) is 9.69. The van der Waals surface area contributed by atoms with Crippen LogP contribution in [0.15, 0.2) is 15.8 Å². The first-order valence-electron chi connectivity index (χ1n) is 9.27. The summed E-state index contributed by atoms with van der Waals surface area (Å²) in [5.74, 6) is -0.220. The van der Waals surface area contributed by atoms with E-state index in [4.69, 9.17) is 0 Å². The molecule has 1 aromatic rings. The second-order valence-corrected chi connectivity index (χ2v) is 6.45. The standard InChI is InChI=1S/C18H32N4O3/c1-4-6-10-21(11-7-5-2)12-8-9-19-16(23)14-22-13-15(3)17(24)20-18(22)25/h13H,4-12,14H2,1-3H3,(H,19,23)(H,20,24,25). The molecule has 0 aliphatic heterocycles. The molecule has 0 radical (unpaired) electrons. The van der Waals surface area contributed by atoms with Gasteiger partial charge in [0.2, 0.25) is 5.91 Å².